The number of aliphatic hydroxyl groups is 1. The van der Waals surface area contributed by atoms with E-state index in [1.807, 2.05) is 19.1 Å². The lowest BCUT2D eigenvalue weighted by atomic mass is 9.92. The monoisotopic (exact) mass is 206 g/mol. The fraction of sp³-hybridized carbons (Fsp3) is 0.583. The van der Waals surface area contributed by atoms with E-state index in [-0.39, 0.29) is 12.1 Å². The summed E-state index contributed by atoms with van der Waals surface area (Å²) in [5.41, 5.74) is 1.13. The second kappa shape index (κ2) is 4.62. The SMILES string of the molecule is Cc1cccnc1NC1CCCCC1O. The first-order valence-electron chi connectivity index (χ1n) is 5.63. The Hall–Kier alpha value is -1.09. The van der Waals surface area contributed by atoms with Crippen LogP contribution in [0.2, 0.25) is 0 Å². The molecule has 1 aromatic heterocycles. The molecule has 82 valence electrons. The van der Waals surface area contributed by atoms with Gasteiger partial charge in [-0.05, 0) is 31.4 Å². The Kier molecular flexibility index (Phi) is 3.21. The molecule has 1 saturated carbocycles. The second-order valence-electron chi connectivity index (χ2n) is 4.27. The molecule has 1 aliphatic carbocycles. The Morgan fingerprint density at radius 3 is 2.93 bits per heavy atom. The van der Waals surface area contributed by atoms with E-state index in [2.05, 4.69) is 10.3 Å². The van der Waals surface area contributed by atoms with Gasteiger partial charge in [-0.1, -0.05) is 18.9 Å². The maximum Gasteiger partial charge on any atom is 0.129 e. The number of aliphatic hydroxyl groups excluding tert-OH is 1. The average Bonchev–Trinajstić information content (AvgIpc) is 2.24. The number of anilines is 1. The van der Waals surface area contributed by atoms with Gasteiger partial charge in [0.15, 0.2) is 0 Å². The number of pyridine rings is 1. The van der Waals surface area contributed by atoms with Crippen LogP contribution < -0.4 is 5.32 Å². The Bertz CT molecular complexity index is 327. The fourth-order valence-electron chi connectivity index (χ4n) is 2.09. The highest BCUT2D eigenvalue weighted by molar-refractivity contribution is 5.43. The number of rotatable bonds is 2. The van der Waals surface area contributed by atoms with Crippen molar-refractivity contribution < 1.29 is 5.11 Å². The van der Waals surface area contributed by atoms with Gasteiger partial charge in [0.2, 0.25) is 0 Å². The summed E-state index contributed by atoms with van der Waals surface area (Å²) in [5.74, 6) is 0.906. The van der Waals surface area contributed by atoms with Gasteiger partial charge in [0.05, 0.1) is 12.1 Å². The lowest BCUT2D eigenvalue weighted by Gasteiger charge is -2.29. The highest BCUT2D eigenvalue weighted by atomic mass is 16.3. The van der Waals surface area contributed by atoms with Gasteiger partial charge in [0.25, 0.3) is 0 Å². The van der Waals surface area contributed by atoms with E-state index in [0.717, 1.165) is 30.6 Å². The number of nitrogens with one attached hydrogen (secondary N) is 1. The summed E-state index contributed by atoms with van der Waals surface area (Å²) in [7, 11) is 0. The molecule has 0 amide bonds. The fourth-order valence-corrected chi connectivity index (χ4v) is 2.09. The smallest absolute Gasteiger partial charge is 0.129 e. The summed E-state index contributed by atoms with van der Waals surface area (Å²) in [5, 5.41) is 13.2. The summed E-state index contributed by atoms with van der Waals surface area (Å²) in [6.07, 6.45) is 5.84. The molecule has 1 aliphatic rings. The molecule has 3 heteroatoms. The zero-order valence-corrected chi connectivity index (χ0v) is 9.11. The first-order chi connectivity index (χ1) is 7.27. The third-order valence-electron chi connectivity index (χ3n) is 3.06. The molecule has 0 spiro atoms. The Balaban J connectivity index is 2.04. The first-order valence-corrected chi connectivity index (χ1v) is 5.63. The molecule has 15 heavy (non-hydrogen) atoms. The van der Waals surface area contributed by atoms with Crippen molar-refractivity contribution in [3.8, 4) is 0 Å². The van der Waals surface area contributed by atoms with E-state index < -0.39 is 0 Å². The highest BCUT2D eigenvalue weighted by Gasteiger charge is 2.23. The zero-order valence-electron chi connectivity index (χ0n) is 9.11. The summed E-state index contributed by atoms with van der Waals surface area (Å²) < 4.78 is 0. The number of hydrogen-bond donors (Lipinski definition) is 2. The van der Waals surface area contributed by atoms with E-state index in [4.69, 9.17) is 0 Å². The highest BCUT2D eigenvalue weighted by Crippen LogP contribution is 2.22. The van der Waals surface area contributed by atoms with Crippen LogP contribution in [0.15, 0.2) is 18.3 Å². The van der Waals surface area contributed by atoms with Crippen molar-refractivity contribution in [2.75, 3.05) is 5.32 Å². The molecular formula is C12H18N2O. The van der Waals surface area contributed by atoms with Crippen LogP contribution in [-0.4, -0.2) is 22.2 Å². The van der Waals surface area contributed by atoms with Crippen molar-refractivity contribution in [2.24, 2.45) is 0 Å². The molecular weight excluding hydrogens is 188 g/mol. The molecule has 0 aliphatic heterocycles. The summed E-state index contributed by atoms with van der Waals surface area (Å²) >= 11 is 0. The van der Waals surface area contributed by atoms with Crippen molar-refractivity contribution in [3.63, 3.8) is 0 Å². The molecule has 0 radical (unpaired) electrons. The third kappa shape index (κ3) is 2.48. The van der Waals surface area contributed by atoms with Gasteiger partial charge in [0, 0.05) is 6.20 Å². The van der Waals surface area contributed by atoms with E-state index in [0.29, 0.717) is 0 Å². The van der Waals surface area contributed by atoms with Crippen molar-refractivity contribution in [2.45, 2.75) is 44.8 Å². The van der Waals surface area contributed by atoms with Crippen molar-refractivity contribution in [3.05, 3.63) is 23.9 Å². The Labute approximate surface area is 90.5 Å². The van der Waals surface area contributed by atoms with Crippen LogP contribution in [0.1, 0.15) is 31.2 Å². The molecule has 0 aromatic carbocycles. The largest absolute Gasteiger partial charge is 0.391 e. The van der Waals surface area contributed by atoms with E-state index in [1.54, 1.807) is 6.20 Å². The molecule has 0 bridgehead atoms. The van der Waals surface area contributed by atoms with Gasteiger partial charge in [0.1, 0.15) is 5.82 Å². The number of aryl methyl sites for hydroxylation is 1. The summed E-state index contributed by atoms with van der Waals surface area (Å²) in [4.78, 5) is 4.28. The molecule has 2 N–H and O–H groups in total. The molecule has 0 saturated heterocycles. The molecule has 2 atom stereocenters. The molecule has 3 nitrogen and oxygen atoms in total. The second-order valence-corrected chi connectivity index (χ2v) is 4.27. The minimum Gasteiger partial charge on any atom is -0.391 e. The maximum absolute atomic E-state index is 9.83. The van der Waals surface area contributed by atoms with Crippen LogP contribution in [-0.2, 0) is 0 Å². The van der Waals surface area contributed by atoms with Gasteiger partial charge < -0.3 is 10.4 Å². The normalized spacial score (nSPS) is 26.3. The van der Waals surface area contributed by atoms with Crippen LogP contribution in [0.25, 0.3) is 0 Å². The van der Waals surface area contributed by atoms with Crippen molar-refractivity contribution in [1.29, 1.82) is 0 Å². The third-order valence-corrected chi connectivity index (χ3v) is 3.06. The van der Waals surface area contributed by atoms with Gasteiger partial charge in [-0.15, -0.1) is 0 Å². The molecule has 1 heterocycles. The summed E-state index contributed by atoms with van der Waals surface area (Å²) in [6.45, 7) is 2.03. The van der Waals surface area contributed by atoms with Crippen LogP contribution in [0.4, 0.5) is 5.82 Å². The minimum absolute atomic E-state index is 0.173. The van der Waals surface area contributed by atoms with Crippen LogP contribution >= 0.6 is 0 Å². The molecule has 2 rings (SSSR count). The Morgan fingerprint density at radius 2 is 2.20 bits per heavy atom. The van der Waals surface area contributed by atoms with Crippen molar-refractivity contribution >= 4 is 5.82 Å². The maximum atomic E-state index is 9.83. The minimum atomic E-state index is -0.222. The van der Waals surface area contributed by atoms with Crippen LogP contribution in [0.5, 0.6) is 0 Å². The average molecular weight is 206 g/mol. The van der Waals surface area contributed by atoms with E-state index >= 15 is 0 Å². The van der Waals surface area contributed by atoms with E-state index in [1.165, 1.54) is 6.42 Å². The van der Waals surface area contributed by atoms with E-state index in [9.17, 15) is 5.11 Å². The summed E-state index contributed by atoms with van der Waals surface area (Å²) in [6, 6.07) is 4.13. The number of aromatic nitrogens is 1. The zero-order chi connectivity index (χ0) is 10.7. The van der Waals surface area contributed by atoms with Gasteiger partial charge in [-0.2, -0.15) is 0 Å². The number of nitrogens with zero attached hydrogens (tertiary/aromatic N) is 1. The molecule has 1 fully saturated rings. The first kappa shape index (κ1) is 10.4. The number of hydrogen-bond acceptors (Lipinski definition) is 3. The quantitative estimate of drug-likeness (QED) is 0.779. The molecule has 1 aromatic rings. The van der Waals surface area contributed by atoms with Gasteiger partial charge in [-0.25, -0.2) is 4.98 Å². The van der Waals surface area contributed by atoms with Gasteiger partial charge >= 0.3 is 0 Å². The lowest BCUT2D eigenvalue weighted by Crippen LogP contribution is -2.36. The Morgan fingerprint density at radius 1 is 1.40 bits per heavy atom. The van der Waals surface area contributed by atoms with Crippen LogP contribution in [0.3, 0.4) is 0 Å². The van der Waals surface area contributed by atoms with Crippen LogP contribution in [0, 0.1) is 6.92 Å². The van der Waals surface area contributed by atoms with Gasteiger partial charge in [-0.3, -0.25) is 0 Å². The predicted octanol–water partition coefficient (Wildman–Crippen LogP) is 2.11. The predicted molar refractivity (Wildman–Crippen MR) is 60.9 cm³/mol. The van der Waals surface area contributed by atoms with Crippen molar-refractivity contribution in [1.82, 2.24) is 4.98 Å². The topological polar surface area (TPSA) is 45.2 Å². The standard InChI is InChI=1S/C12H18N2O/c1-9-5-4-8-13-12(9)14-10-6-2-3-7-11(10)15/h4-5,8,10-11,15H,2-3,6-7H2,1H3,(H,13,14). The lowest BCUT2D eigenvalue weighted by molar-refractivity contribution is 0.116. The molecule has 2 unspecified atom stereocenters.